The van der Waals surface area contributed by atoms with Crippen LogP contribution >= 0.6 is 0 Å². The molecule has 6 nitrogen and oxygen atoms in total. The van der Waals surface area contributed by atoms with Gasteiger partial charge in [0.15, 0.2) is 18.9 Å². The molecule has 3 aliphatic rings. The second kappa shape index (κ2) is 13.2. The van der Waals surface area contributed by atoms with E-state index in [2.05, 4.69) is 69.2 Å². The Balaban J connectivity index is 1.71. The monoisotopic (exact) mass is 512 g/mol. The van der Waals surface area contributed by atoms with Gasteiger partial charge in [-0.05, 0) is 49.9 Å². The number of hydrogen-bond donors (Lipinski definition) is 0. The molecule has 0 spiro atoms. The Labute approximate surface area is 221 Å². The summed E-state index contributed by atoms with van der Waals surface area (Å²) in [7, 11) is 0. The zero-order valence-corrected chi connectivity index (χ0v) is 24.9. The molecule has 0 amide bonds. The van der Waals surface area contributed by atoms with Crippen molar-refractivity contribution in [1.29, 1.82) is 0 Å². The standard InChI is InChI=1S/C30H56O6/c1-12-23-17(6)16(5)20(9)29(32-23)35-27-19(8)22(11)30(34-25(27)14-3)36-26-18(7)21(10)28(31-15-4)33-24(26)13-2/h16-30H,12-15H2,1-11H3/t16-,17+,18+,19+,20?,21?,22?,23?,24?,25?,26+,27+,28?,29-,30-/m0/s1. The van der Waals surface area contributed by atoms with E-state index in [9.17, 15) is 0 Å². The summed E-state index contributed by atoms with van der Waals surface area (Å²) in [6.07, 6.45) is 2.32. The van der Waals surface area contributed by atoms with Crippen molar-refractivity contribution in [2.24, 2.45) is 41.4 Å². The van der Waals surface area contributed by atoms with Gasteiger partial charge in [-0.15, -0.1) is 0 Å². The topological polar surface area (TPSA) is 55.4 Å². The van der Waals surface area contributed by atoms with E-state index >= 15 is 0 Å². The predicted octanol–water partition coefficient (Wildman–Crippen LogP) is 6.65. The first kappa shape index (κ1) is 30.3. The summed E-state index contributed by atoms with van der Waals surface area (Å²) in [5.41, 5.74) is 0. The van der Waals surface area contributed by atoms with Crippen LogP contribution in [0, 0.1) is 41.4 Å². The molecule has 0 aromatic carbocycles. The minimum Gasteiger partial charge on any atom is -0.353 e. The summed E-state index contributed by atoms with van der Waals surface area (Å²) in [4.78, 5) is 0. The van der Waals surface area contributed by atoms with Crippen molar-refractivity contribution in [3.05, 3.63) is 0 Å². The molecule has 36 heavy (non-hydrogen) atoms. The first-order valence-corrected chi connectivity index (χ1v) is 15.0. The number of rotatable bonds is 9. The van der Waals surface area contributed by atoms with Gasteiger partial charge in [0, 0.05) is 24.4 Å². The summed E-state index contributed by atoms with van der Waals surface area (Å²) in [6.45, 7) is 25.2. The Kier molecular flexibility index (Phi) is 11.1. The Morgan fingerprint density at radius 3 is 1.28 bits per heavy atom. The van der Waals surface area contributed by atoms with Gasteiger partial charge in [-0.25, -0.2) is 0 Å². The van der Waals surface area contributed by atoms with Crippen molar-refractivity contribution >= 4 is 0 Å². The van der Waals surface area contributed by atoms with Gasteiger partial charge in [0.05, 0.1) is 30.5 Å². The lowest BCUT2D eigenvalue weighted by Crippen LogP contribution is -2.57. The molecule has 3 rings (SSSR count). The van der Waals surface area contributed by atoms with Gasteiger partial charge in [0.1, 0.15) is 0 Å². The van der Waals surface area contributed by atoms with E-state index in [1.54, 1.807) is 0 Å². The van der Waals surface area contributed by atoms with Crippen LogP contribution in [0.25, 0.3) is 0 Å². The van der Waals surface area contributed by atoms with Crippen molar-refractivity contribution < 1.29 is 28.4 Å². The molecular formula is C30H56O6. The lowest BCUT2D eigenvalue weighted by molar-refractivity contribution is -0.348. The Hall–Kier alpha value is -0.240. The molecule has 0 saturated carbocycles. The molecule has 0 aromatic heterocycles. The lowest BCUT2D eigenvalue weighted by atomic mass is 9.78. The highest BCUT2D eigenvalue weighted by Crippen LogP contribution is 2.42. The highest BCUT2D eigenvalue weighted by molar-refractivity contribution is 4.91. The zero-order valence-electron chi connectivity index (χ0n) is 24.9. The highest BCUT2D eigenvalue weighted by Gasteiger charge is 2.49. The average Bonchev–Trinajstić information content (AvgIpc) is 2.87. The van der Waals surface area contributed by atoms with Crippen LogP contribution in [0.2, 0.25) is 0 Å². The van der Waals surface area contributed by atoms with Crippen LogP contribution in [0.1, 0.15) is 95.4 Å². The first-order valence-electron chi connectivity index (χ1n) is 15.0. The van der Waals surface area contributed by atoms with Gasteiger partial charge in [-0.3, -0.25) is 0 Å². The lowest BCUT2D eigenvalue weighted by Gasteiger charge is -2.51. The van der Waals surface area contributed by atoms with Crippen LogP contribution in [0.15, 0.2) is 0 Å². The average molecular weight is 513 g/mol. The van der Waals surface area contributed by atoms with Gasteiger partial charge in [-0.1, -0.05) is 69.2 Å². The van der Waals surface area contributed by atoms with E-state index in [-0.39, 0.29) is 67.1 Å². The SMILES string of the molecule is CCOC1OC(CC)[C@H](O[C@@H]2OC(CC)[C@H](O[C@@H]3OC(CC)[C@H](C)[C@H](C)C3C)[C@H](C)C2C)[C@H](C)C1C. The van der Waals surface area contributed by atoms with Crippen molar-refractivity contribution in [3.63, 3.8) is 0 Å². The molecule has 3 heterocycles. The molecule has 0 aliphatic carbocycles. The van der Waals surface area contributed by atoms with Gasteiger partial charge in [0.2, 0.25) is 0 Å². The van der Waals surface area contributed by atoms with Crippen molar-refractivity contribution in [3.8, 4) is 0 Å². The van der Waals surface area contributed by atoms with E-state index < -0.39 is 0 Å². The molecule has 3 fully saturated rings. The molecule has 3 saturated heterocycles. The maximum absolute atomic E-state index is 6.80. The molecule has 6 heteroatoms. The molecule has 0 N–H and O–H groups in total. The maximum atomic E-state index is 6.80. The van der Waals surface area contributed by atoms with E-state index in [0.717, 1.165) is 19.3 Å². The van der Waals surface area contributed by atoms with Gasteiger partial charge in [-0.2, -0.15) is 0 Å². The van der Waals surface area contributed by atoms with Gasteiger partial charge >= 0.3 is 0 Å². The van der Waals surface area contributed by atoms with Crippen LogP contribution in [-0.4, -0.2) is 56.0 Å². The predicted molar refractivity (Wildman–Crippen MR) is 142 cm³/mol. The van der Waals surface area contributed by atoms with Crippen molar-refractivity contribution in [2.45, 2.75) is 145 Å². The Morgan fingerprint density at radius 2 is 0.833 bits per heavy atom. The quantitative estimate of drug-likeness (QED) is 0.345. The summed E-state index contributed by atoms with van der Waals surface area (Å²) >= 11 is 0. The molecule has 0 radical (unpaired) electrons. The van der Waals surface area contributed by atoms with Crippen molar-refractivity contribution in [2.75, 3.05) is 6.61 Å². The first-order chi connectivity index (χ1) is 17.1. The molecule has 0 aromatic rings. The summed E-state index contributed by atoms with van der Waals surface area (Å²) < 4.78 is 39.0. The summed E-state index contributed by atoms with van der Waals surface area (Å²) in [6, 6.07) is 0. The summed E-state index contributed by atoms with van der Waals surface area (Å²) in [5, 5.41) is 0. The maximum Gasteiger partial charge on any atom is 0.161 e. The molecule has 212 valence electrons. The van der Waals surface area contributed by atoms with Gasteiger partial charge in [0.25, 0.3) is 0 Å². The van der Waals surface area contributed by atoms with E-state index in [1.807, 2.05) is 6.92 Å². The molecule has 15 atom stereocenters. The number of ether oxygens (including phenoxy) is 6. The third kappa shape index (κ3) is 6.15. The normalized spacial score (nSPS) is 50.2. The van der Waals surface area contributed by atoms with Crippen LogP contribution in [0.5, 0.6) is 0 Å². The van der Waals surface area contributed by atoms with Crippen LogP contribution in [0.3, 0.4) is 0 Å². The molecule has 3 aliphatic heterocycles. The largest absolute Gasteiger partial charge is 0.353 e. The second-order valence-corrected chi connectivity index (χ2v) is 12.0. The minimum atomic E-state index is -0.280. The Morgan fingerprint density at radius 1 is 0.444 bits per heavy atom. The smallest absolute Gasteiger partial charge is 0.161 e. The molecular weight excluding hydrogens is 456 g/mol. The third-order valence-electron chi connectivity index (χ3n) is 10.0. The number of hydrogen-bond acceptors (Lipinski definition) is 6. The minimum absolute atomic E-state index is 0.00107. The fourth-order valence-electron chi connectivity index (χ4n) is 6.53. The summed E-state index contributed by atoms with van der Waals surface area (Å²) in [5.74, 6) is 2.50. The highest BCUT2D eigenvalue weighted by atomic mass is 16.7. The zero-order chi connectivity index (χ0) is 26.7. The fourth-order valence-corrected chi connectivity index (χ4v) is 6.53. The van der Waals surface area contributed by atoms with Gasteiger partial charge < -0.3 is 28.4 Å². The fraction of sp³-hybridized carbons (Fsp3) is 1.00. The molecule has 7 unspecified atom stereocenters. The van der Waals surface area contributed by atoms with E-state index in [1.165, 1.54) is 0 Å². The van der Waals surface area contributed by atoms with Crippen LogP contribution in [-0.2, 0) is 28.4 Å². The Bertz CT molecular complexity index is 653. The van der Waals surface area contributed by atoms with Crippen LogP contribution in [0.4, 0.5) is 0 Å². The van der Waals surface area contributed by atoms with Crippen molar-refractivity contribution in [1.82, 2.24) is 0 Å². The van der Waals surface area contributed by atoms with Crippen LogP contribution < -0.4 is 0 Å². The van der Waals surface area contributed by atoms with E-state index in [4.69, 9.17) is 28.4 Å². The third-order valence-corrected chi connectivity index (χ3v) is 10.0. The second-order valence-electron chi connectivity index (χ2n) is 12.0. The van der Waals surface area contributed by atoms with E-state index in [0.29, 0.717) is 30.3 Å². The molecule has 0 bridgehead atoms.